The molecule has 0 bridgehead atoms. The van der Waals surface area contributed by atoms with Crippen molar-refractivity contribution >= 4 is 15.9 Å². The van der Waals surface area contributed by atoms with Gasteiger partial charge >= 0.3 is 0 Å². The van der Waals surface area contributed by atoms with Gasteiger partial charge in [-0.3, -0.25) is 4.79 Å². The number of hydrogen-bond donors (Lipinski definition) is 0. The first-order valence-electron chi connectivity index (χ1n) is 9.66. The number of halogens is 1. The van der Waals surface area contributed by atoms with E-state index in [1.54, 1.807) is 11.0 Å². The molecule has 0 N–H and O–H groups in total. The summed E-state index contributed by atoms with van der Waals surface area (Å²) < 4.78 is 42.7. The lowest BCUT2D eigenvalue weighted by molar-refractivity contribution is 0.0697. The first-order valence-corrected chi connectivity index (χ1v) is 11.1. The van der Waals surface area contributed by atoms with Crippen molar-refractivity contribution < 1.29 is 17.6 Å². The van der Waals surface area contributed by atoms with Crippen molar-refractivity contribution in [2.75, 3.05) is 26.2 Å². The van der Waals surface area contributed by atoms with E-state index in [9.17, 15) is 17.6 Å². The third-order valence-electron chi connectivity index (χ3n) is 5.32. The van der Waals surface area contributed by atoms with E-state index < -0.39 is 15.8 Å². The van der Waals surface area contributed by atoms with Crippen LogP contribution in [0.5, 0.6) is 0 Å². The maximum atomic E-state index is 14.0. The third-order valence-corrected chi connectivity index (χ3v) is 7.25. The van der Waals surface area contributed by atoms with Crippen LogP contribution in [0, 0.1) is 12.7 Å². The number of rotatable bonds is 4. The number of carbonyl (C=O) groups excluding carboxylic acids is 1. The van der Waals surface area contributed by atoms with E-state index in [0.717, 1.165) is 17.3 Å². The van der Waals surface area contributed by atoms with Crippen molar-refractivity contribution in [3.63, 3.8) is 0 Å². The molecule has 8 heteroatoms. The number of hydrogen-bond acceptors (Lipinski definition) is 3. The third kappa shape index (κ3) is 3.76. The van der Waals surface area contributed by atoms with Crippen molar-refractivity contribution in [2.45, 2.75) is 11.8 Å². The van der Waals surface area contributed by atoms with E-state index in [2.05, 4.69) is 0 Å². The largest absolute Gasteiger partial charge is 0.336 e. The lowest BCUT2D eigenvalue weighted by atomic mass is 10.1. The topological polar surface area (TPSA) is 62.6 Å². The monoisotopic (exact) mass is 427 g/mol. The summed E-state index contributed by atoms with van der Waals surface area (Å²) in [6.07, 6.45) is 3.84. The highest BCUT2D eigenvalue weighted by Crippen LogP contribution is 2.22. The van der Waals surface area contributed by atoms with Crippen LogP contribution in [0.2, 0.25) is 0 Å². The van der Waals surface area contributed by atoms with Crippen LogP contribution in [0.3, 0.4) is 0 Å². The van der Waals surface area contributed by atoms with Crippen molar-refractivity contribution in [3.8, 4) is 5.69 Å². The van der Waals surface area contributed by atoms with Gasteiger partial charge in [0.05, 0.1) is 0 Å². The van der Waals surface area contributed by atoms with E-state index in [4.69, 9.17) is 0 Å². The van der Waals surface area contributed by atoms with Crippen molar-refractivity contribution in [2.24, 2.45) is 0 Å². The summed E-state index contributed by atoms with van der Waals surface area (Å²) in [5.74, 6) is -0.917. The van der Waals surface area contributed by atoms with E-state index >= 15 is 0 Å². The van der Waals surface area contributed by atoms with Gasteiger partial charge < -0.3 is 9.47 Å². The van der Waals surface area contributed by atoms with Crippen LogP contribution < -0.4 is 0 Å². The fourth-order valence-corrected chi connectivity index (χ4v) is 5.11. The van der Waals surface area contributed by atoms with Crippen LogP contribution in [-0.2, 0) is 10.0 Å². The van der Waals surface area contributed by atoms with E-state index in [1.807, 2.05) is 48.1 Å². The lowest BCUT2D eigenvalue weighted by Gasteiger charge is -2.34. The molecule has 1 aliphatic heterocycles. The van der Waals surface area contributed by atoms with Crippen LogP contribution >= 0.6 is 0 Å². The van der Waals surface area contributed by atoms with Gasteiger partial charge in [0.15, 0.2) is 0 Å². The molecule has 1 aliphatic rings. The Morgan fingerprint density at radius 1 is 0.933 bits per heavy atom. The molecule has 2 aromatic carbocycles. The number of aromatic nitrogens is 1. The summed E-state index contributed by atoms with van der Waals surface area (Å²) in [5, 5.41) is 0. The van der Waals surface area contributed by atoms with Crippen molar-refractivity contribution in [3.05, 3.63) is 83.9 Å². The van der Waals surface area contributed by atoms with Gasteiger partial charge in [-0.25, -0.2) is 12.8 Å². The Labute approximate surface area is 175 Å². The molecular formula is C22H22FN3O3S. The summed E-state index contributed by atoms with van der Waals surface area (Å²) in [7, 11) is -3.93. The predicted octanol–water partition coefficient (Wildman–Crippen LogP) is 3.07. The van der Waals surface area contributed by atoms with E-state index in [-0.39, 0.29) is 37.0 Å². The first-order chi connectivity index (χ1) is 14.4. The number of nitrogens with zero attached hydrogens (tertiary/aromatic N) is 3. The summed E-state index contributed by atoms with van der Waals surface area (Å²) in [6.45, 7) is 2.73. The molecule has 2 heterocycles. The van der Waals surface area contributed by atoms with Crippen LogP contribution in [0.25, 0.3) is 5.69 Å². The Morgan fingerprint density at radius 2 is 1.60 bits per heavy atom. The molecule has 6 nitrogen and oxygen atoms in total. The van der Waals surface area contributed by atoms with Crippen LogP contribution in [0.4, 0.5) is 4.39 Å². The van der Waals surface area contributed by atoms with E-state index in [1.165, 1.54) is 22.5 Å². The minimum Gasteiger partial charge on any atom is -0.336 e. The molecule has 4 rings (SSSR count). The lowest BCUT2D eigenvalue weighted by Crippen LogP contribution is -2.50. The quantitative estimate of drug-likeness (QED) is 0.643. The number of amides is 1. The van der Waals surface area contributed by atoms with Gasteiger partial charge in [0.25, 0.3) is 5.91 Å². The zero-order valence-electron chi connectivity index (χ0n) is 16.5. The second-order valence-electron chi connectivity index (χ2n) is 7.22. The van der Waals surface area contributed by atoms with Gasteiger partial charge in [-0.1, -0.05) is 18.2 Å². The van der Waals surface area contributed by atoms with Gasteiger partial charge in [-0.15, -0.1) is 0 Å². The average molecular weight is 428 g/mol. The van der Waals surface area contributed by atoms with Gasteiger partial charge in [-0.2, -0.15) is 4.31 Å². The molecule has 0 radical (unpaired) electrons. The predicted molar refractivity (Wildman–Crippen MR) is 112 cm³/mol. The smallest absolute Gasteiger partial charge is 0.254 e. The second-order valence-corrected chi connectivity index (χ2v) is 9.12. The normalized spacial score (nSPS) is 15.3. The molecular weight excluding hydrogens is 405 g/mol. The molecule has 1 aromatic heterocycles. The summed E-state index contributed by atoms with van der Waals surface area (Å²) >= 11 is 0. The number of benzene rings is 2. The molecule has 1 amide bonds. The molecule has 3 aromatic rings. The maximum Gasteiger partial charge on any atom is 0.254 e. The molecule has 1 fully saturated rings. The zero-order valence-corrected chi connectivity index (χ0v) is 17.3. The van der Waals surface area contributed by atoms with Crippen molar-refractivity contribution in [1.29, 1.82) is 0 Å². The first kappa shape index (κ1) is 20.3. The molecule has 0 spiro atoms. The average Bonchev–Trinajstić information content (AvgIpc) is 3.28. The van der Waals surface area contributed by atoms with Crippen molar-refractivity contribution in [1.82, 2.24) is 13.8 Å². The van der Waals surface area contributed by atoms with Crippen LogP contribution in [0.15, 0.2) is 71.9 Å². The standard InChI is InChI=1S/C22H22FN3O3S/c1-17-8-9-18(16-20(17)24-10-4-5-11-24)22(27)25-12-14-26(15-13-25)30(28,29)21-7-3-2-6-19(21)23/h2-11,16H,12-15H2,1H3. The highest BCUT2D eigenvalue weighted by atomic mass is 32.2. The number of aryl methyl sites for hydroxylation is 1. The minimum absolute atomic E-state index is 0.124. The van der Waals surface area contributed by atoms with Crippen LogP contribution in [0.1, 0.15) is 15.9 Å². The molecule has 0 unspecified atom stereocenters. The Balaban J connectivity index is 1.49. The SMILES string of the molecule is Cc1ccc(C(=O)N2CCN(S(=O)(=O)c3ccccc3F)CC2)cc1-n1cccc1. The summed E-state index contributed by atoms with van der Waals surface area (Å²) in [5.41, 5.74) is 2.52. The Morgan fingerprint density at radius 3 is 2.27 bits per heavy atom. The summed E-state index contributed by atoms with van der Waals surface area (Å²) in [4.78, 5) is 14.3. The molecule has 0 saturated carbocycles. The molecule has 0 atom stereocenters. The van der Waals surface area contributed by atoms with E-state index in [0.29, 0.717) is 5.56 Å². The van der Waals surface area contributed by atoms with Gasteiger partial charge in [0.1, 0.15) is 10.7 Å². The molecule has 1 saturated heterocycles. The molecule has 30 heavy (non-hydrogen) atoms. The second kappa shape index (κ2) is 8.04. The summed E-state index contributed by atoms with van der Waals surface area (Å²) in [6, 6.07) is 14.7. The van der Waals surface area contributed by atoms with Gasteiger partial charge in [-0.05, 0) is 48.9 Å². The Hall–Kier alpha value is -2.97. The fraction of sp³-hybridized carbons (Fsp3) is 0.227. The number of carbonyl (C=O) groups is 1. The maximum absolute atomic E-state index is 14.0. The van der Waals surface area contributed by atoms with Crippen LogP contribution in [-0.4, -0.2) is 54.3 Å². The zero-order chi connectivity index (χ0) is 21.3. The van der Waals surface area contributed by atoms with Gasteiger partial charge in [0, 0.05) is 49.8 Å². The molecule has 0 aliphatic carbocycles. The Bertz CT molecular complexity index is 1170. The Kier molecular flexibility index (Phi) is 5.44. The number of piperazine rings is 1. The minimum atomic E-state index is -3.93. The highest BCUT2D eigenvalue weighted by Gasteiger charge is 2.32. The fourth-order valence-electron chi connectivity index (χ4n) is 3.62. The molecule has 156 valence electrons. The highest BCUT2D eigenvalue weighted by molar-refractivity contribution is 7.89. The van der Waals surface area contributed by atoms with Gasteiger partial charge in [0.2, 0.25) is 10.0 Å². The number of sulfonamides is 1.